The average Bonchev–Trinajstić information content (AvgIpc) is 2.87. The van der Waals surface area contributed by atoms with Crippen molar-refractivity contribution < 1.29 is 0 Å². The van der Waals surface area contributed by atoms with Crippen LogP contribution in [0.1, 0.15) is 31.3 Å². The molecule has 0 aliphatic rings. The molecule has 0 saturated heterocycles. The fourth-order valence-corrected chi connectivity index (χ4v) is 2.16. The summed E-state index contributed by atoms with van der Waals surface area (Å²) in [7, 11) is 0. The SMILES string of the molecule is CC(C)n1ncnc1CC(Cc1ccccc1)NN. The van der Waals surface area contributed by atoms with Crippen molar-refractivity contribution in [1.29, 1.82) is 0 Å². The van der Waals surface area contributed by atoms with Crippen molar-refractivity contribution in [2.75, 3.05) is 0 Å². The van der Waals surface area contributed by atoms with Crippen LogP contribution in [0.4, 0.5) is 0 Å². The molecule has 5 heteroatoms. The Labute approximate surface area is 113 Å². The molecular formula is C14H21N5. The van der Waals surface area contributed by atoms with Gasteiger partial charge in [0.25, 0.3) is 0 Å². The van der Waals surface area contributed by atoms with E-state index in [0.717, 1.165) is 18.7 Å². The van der Waals surface area contributed by atoms with E-state index in [9.17, 15) is 0 Å². The standard InChI is InChI=1S/C14H21N5/c1-11(2)19-14(16-10-17-19)9-13(18-15)8-12-6-4-3-5-7-12/h3-7,10-11,13,18H,8-9,15H2,1-2H3. The largest absolute Gasteiger partial charge is 0.271 e. The zero-order valence-corrected chi connectivity index (χ0v) is 11.5. The summed E-state index contributed by atoms with van der Waals surface area (Å²) in [5.41, 5.74) is 4.14. The van der Waals surface area contributed by atoms with Gasteiger partial charge in [-0.15, -0.1) is 0 Å². The molecule has 2 aromatic rings. The maximum Gasteiger partial charge on any atom is 0.138 e. The third-order valence-corrected chi connectivity index (χ3v) is 3.13. The Bertz CT molecular complexity index is 492. The van der Waals surface area contributed by atoms with Crippen LogP contribution >= 0.6 is 0 Å². The highest BCUT2D eigenvalue weighted by Crippen LogP contribution is 2.10. The topological polar surface area (TPSA) is 68.8 Å². The van der Waals surface area contributed by atoms with Gasteiger partial charge < -0.3 is 0 Å². The number of nitrogens with zero attached hydrogens (tertiary/aromatic N) is 3. The fourth-order valence-electron chi connectivity index (χ4n) is 2.16. The Balaban J connectivity index is 2.05. The first-order valence-corrected chi connectivity index (χ1v) is 6.59. The minimum absolute atomic E-state index is 0.157. The molecule has 0 amide bonds. The number of hydrogen-bond acceptors (Lipinski definition) is 4. The number of hydrogen-bond donors (Lipinski definition) is 2. The zero-order chi connectivity index (χ0) is 13.7. The molecule has 3 N–H and O–H groups in total. The number of hydrazine groups is 1. The Morgan fingerprint density at radius 2 is 1.95 bits per heavy atom. The van der Waals surface area contributed by atoms with E-state index in [1.54, 1.807) is 6.33 Å². The number of rotatable bonds is 6. The highest BCUT2D eigenvalue weighted by molar-refractivity contribution is 5.16. The highest BCUT2D eigenvalue weighted by atomic mass is 15.3. The van der Waals surface area contributed by atoms with E-state index in [-0.39, 0.29) is 6.04 Å². The molecule has 19 heavy (non-hydrogen) atoms. The normalized spacial score (nSPS) is 12.8. The molecule has 5 nitrogen and oxygen atoms in total. The molecule has 0 fully saturated rings. The lowest BCUT2D eigenvalue weighted by atomic mass is 10.0. The quantitative estimate of drug-likeness (QED) is 0.609. The lowest BCUT2D eigenvalue weighted by molar-refractivity contribution is 0.459. The van der Waals surface area contributed by atoms with Crippen LogP contribution in [0.3, 0.4) is 0 Å². The summed E-state index contributed by atoms with van der Waals surface area (Å²) in [5, 5.41) is 4.25. The molecule has 102 valence electrons. The fraction of sp³-hybridized carbons (Fsp3) is 0.429. The van der Waals surface area contributed by atoms with Gasteiger partial charge in [-0.05, 0) is 25.8 Å². The van der Waals surface area contributed by atoms with Crippen LogP contribution in [0.2, 0.25) is 0 Å². The summed E-state index contributed by atoms with van der Waals surface area (Å²) in [6.07, 6.45) is 3.25. The van der Waals surface area contributed by atoms with Gasteiger partial charge in [-0.25, -0.2) is 9.67 Å². The lowest BCUT2D eigenvalue weighted by Crippen LogP contribution is -2.39. The summed E-state index contributed by atoms with van der Waals surface area (Å²) in [6.45, 7) is 4.19. The first kappa shape index (κ1) is 13.7. The summed E-state index contributed by atoms with van der Waals surface area (Å²) in [4.78, 5) is 4.32. The molecule has 0 radical (unpaired) electrons. The molecule has 0 aliphatic carbocycles. The van der Waals surface area contributed by atoms with Crippen molar-refractivity contribution in [3.8, 4) is 0 Å². The van der Waals surface area contributed by atoms with Crippen molar-refractivity contribution in [3.05, 3.63) is 48.0 Å². The second-order valence-corrected chi connectivity index (χ2v) is 4.97. The van der Waals surface area contributed by atoms with Crippen molar-refractivity contribution in [3.63, 3.8) is 0 Å². The van der Waals surface area contributed by atoms with Crippen LogP contribution in [0.15, 0.2) is 36.7 Å². The third kappa shape index (κ3) is 3.62. The smallest absolute Gasteiger partial charge is 0.138 e. The molecule has 1 heterocycles. The third-order valence-electron chi connectivity index (χ3n) is 3.13. The molecular weight excluding hydrogens is 238 g/mol. The van der Waals surface area contributed by atoms with Crippen molar-refractivity contribution in [2.45, 2.75) is 38.8 Å². The molecule has 1 aromatic heterocycles. The minimum Gasteiger partial charge on any atom is -0.271 e. The van der Waals surface area contributed by atoms with Crippen LogP contribution in [0, 0.1) is 0 Å². The summed E-state index contributed by atoms with van der Waals surface area (Å²) in [6, 6.07) is 10.8. The van der Waals surface area contributed by atoms with Gasteiger partial charge in [-0.2, -0.15) is 5.10 Å². The molecule has 0 aliphatic heterocycles. The Kier molecular flexibility index (Phi) is 4.65. The second-order valence-electron chi connectivity index (χ2n) is 4.97. The van der Waals surface area contributed by atoms with Gasteiger partial charge in [0.1, 0.15) is 12.2 Å². The van der Waals surface area contributed by atoms with E-state index in [1.165, 1.54) is 5.56 Å². The van der Waals surface area contributed by atoms with E-state index < -0.39 is 0 Å². The van der Waals surface area contributed by atoms with Crippen LogP contribution < -0.4 is 11.3 Å². The predicted molar refractivity (Wildman–Crippen MR) is 75.4 cm³/mol. The van der Waals surface area contributed by atoms with Crippen molar-refractivity contribution >= 4 is 0 Å². The summed E-state index contributed by atoms with van der Waals surface area (Å²) < 4.78 is 1.94. The molecule has 0 saturated carbocycles. The Hall–Kier alpha value is -1.72. The zero-order valence-electron chi connectivity index (χ0n) is 11.5. The first-order valence-electron chi connectivity index (χ1n) is 6.59. The number of benzene rings is 1. The van der Waals surface area contributed by atoms with E-state index in [4.69, 9.17) is 5.84 Å². The Morgan fingerprint density at radius 3 is 2.58 bits per heavy atom. The van der Waals surface area contributed by atoms with E-state index in [0.29, 0.717) is 6.04 Å². The van der Waals surface area contributed by atoms with Crippen molar-refractivity contribution in [1.82, 2.24) is 20.2 Å². The number of nitrogens with two attached hydrogens (primary N) is 1. The monoisotopic (exact) mass is 259 g/mol. The molecule has 1 aromatic carbocycles. The van der Waals surface area contributed by atoms with Crippen LogP contribution in [-0.2, 0) is 12.8 Å². The number of nitrogens with one attached hydrogen (secondary N) is 1. The molecule has 2 rings (SSSR count). The minimum atomic E-state index is 0.157. The van der Waals surface area contributed by atoms with E-state index in [2.05, 4.69) is 41.5 Å². The predicted octanol–water partition coefficient (Wildman–Crippen LogP) is 1.48. The lowest BCUT2D eigenvalue weighted by Gasteiger charge is -2.17. The summed E-state index contributed by atoms with van der Waals surface area (Å²) in [5.74, 6) is 6.62. The molecule has 0 bridgehead atoms. The molecule has 1 unspecified atom stereocenters. The molecule has 1 atom stereocenters. The van der Waals surface area contributed by atoms with E-state index >= 15 is 0 Å². The van der Waals surface area contributed by atoms with Crippen LogP contribution in [0.25, 0.3) is 0 Å². The van der Waals surface area contributed by atoms with Gasteiger partial charge in [0, 0.05) is 18.5 Å². The van der Waals surface area contributed by atoms with Crippen molar-refractivity contribution in [2.24, 2.45) is 5.84 Å². The first-order chi connectivity index (χ1) is 9.20. The maximum absolute atomic E-state index is 5.66. The molecule has 0 spiro atoms. The van der Waals surface area contributed by atoms with Gasteiger partial charge in [0.15, 0.2) is 0 Å². The average molecular weight is 259 g/mol. The highest BCUT2D eigenvalue weighted by Gasteiger charge is 2.14. The van der Waals surface area contributed by atoms with Crippen LogP contribution in [0.5, 0.6) is 0 Å². The van der Waals surface area contributed by atoms with E-state index in [1.807, 2.05) is 22.9 Å². The number of aromatic nitrogens is 3. The summed E-state index contributed by atoms with van der Waals surface area (Å²) >= 11 is 0. The van der Waals surface area contributed by atoms with Gasteiger partial charge in [0.05, 0.1) is 0 Å². The second kappa shape index (κ2) is 6.45. The Morgan fingerprint density at radius 1 is 1.21 bits per heavy atom. The van der Waals surface area contributed by atoms with Gasteiger partial charge >= 0.3 is 0 Å². The van der Waals surface area contributed by atoms with Gasteiger partial charge in [-0.1, -0.05) is 30.3 Å². The van der Waals surface area contributed by atoms with Gasteiger partial charge in [-0.3, -0.25) is 11.3 Å². The maximum atomic E-state index is 5.66. The van der Waals surface area contributed by atoms with Crippen LogP contribution in [-0.4, -0.2) is 20.8 Å². The van der Waals surface area contributed by atoms with Gasteiger partial charge in [0.2, 0.25) is 0 Å².